The normalized spacial score (nSPS) is 23.2. The van der Waals surface area contributed by atoms with E-state index >= 15 is 0 Å². The van der Waals surface area contributed by atoms with Crippen LogP contribution in [0.1, 0.15) is 37.7 Å². The molecule has 3 rings (SSSR count). The maximum absolute atomic E-state index is 13.3. The molecule has 0 saturated carbocycles. The van der Waals surface area contributed by atoms with E-state index in [2.05, 4.69) is 5.32 Å². The molecule has 0 bridgehead atoms. The second-order valence-corrected chi connectivity index (χ2v) is 7.69. The Morgan fingerprint density at radius 1 is 1.18 bits per heavy atom. The van der Waals surface area contributed by atoms with Gasteiger partial charge in [0.1, 0.15) is 12.1 Å². The highest BCUT2D eigenvalue weighted by atomic mass is 16.4. The SMILES string of the molecule is CN(C(=O)[C@@H]1CCCCN1)[C@H](Cc1ccccc1)C(=O)N1CCC[C@H]1C(=O)O. The van der Waals surface area contributed by atoms with Crippen molar-refractivity contribution >= 4 is 17.8 Å². The lowest BCUT2D eigenvalue weighted by atomic mass is 10.00. The van der Waals surface area contributed by atoms with Crippen molar-refractivity contribution in [3.63, 3.8) is 0 Å². The van der Waals surface area contributed by atoms with Crippen molar-refractivity contribution in [1.29, 1.82) is 0 Å². The zero-order valence-corrected chi connectivity index (χ0v) is 16.3. The Labute approximate surface area is 165 Å². The summed E-state index contributed by atoms with van der Waals surface area (Å²) < 4.78 is 0. The summed E-state index contributed by atoms with van der Waals surface area (Å²) in [5.74, 6) is -1.35. The Hall–Kier alpha value is -2.41. The van der Waals surface area contributed by atoms with Crippen molar-refractivity contribution in [2.45, 2.75) is 56.7 Å². The average Bonchev–Trinajstić information content (AvgIpc) is 3.22. The van der Waals surface area contributed by atoms with Gasteiger partial charge in [0, 0.05) is 20.0 Å². The van der Waals surface area contributed by atoms with Gasteiger partial charge >= 0.3 is 5.97 Å². The highest BCUT2D eigenvalue weighted by Crippen LogP contribution is 2.22. The molecule has 152 valence electrons. The number of nitrogens with one attached hydrogen (secondary N) is 1. The number of likely N-dealkylation sites (tertiary alicyclic amines) is 1. The lowest BCUT2D eigenvalue weighted by Gasteiger charge is -2.35. The number of rotatable bonds is 6. The minimum Gasteiger partial charge on any atom is -0.480 e. The van der Waals surface area contributed by atoms with E-state index in [0.29, 0.717) is 25.8 Å². The molecule has 2 N–H and O–H groups in total. The Morgan fingerprint density at radius 2 is 1.93 bits per heavy atom. The van der Waals surface area contributed by atoms with Gasteiger partial charge < -0.3 is 20.2 Å². The molecular weight excluding hydrogens is 358 g/mol. The number of nitrogens with zero attached hydrogens (tertiary/aromatic N) is 2. The first-order valence-corrected chi connectivity index (χ1v) is 10.1. The van der Waals surface area contributed by atoms with E-state index in [9.17, 15) is 19.5 Å². The third-order valence-corrected chi connectivity index (χ3v) is 5.80. The van der Waals surface area contributed by atoms with E-state index in [1.165, 1.54) is 9.80 Å². The number of hydrogen-bond acceptors (Lipinski definition) is 4. The summed E-state index contributed by atoms with van der Waals surface area (Å²) in [6.45, 7) is 1.22. The predicted octanol–water partition coefficient (Wildman–Crippen LogP) is 1.27. The molecule has 2 amide bonds. The molecule has 1 aromatic carbocycles. The number of hydrogen-bond donors (Lipinski definition) is 2. The van der Waals surface area contributed by atoms with E-state index in [1.807, 2.05) is 30.3 Å². The zero-order valence-electron chi connectivity index (χ0n) is 16.3. The molecule has 2 heterocycles. The highest BCUT2D eigenvalue weighted by molar-refractivity contribution is 5.92. The van der Waals surface area contributed by atoms with Crippen molar-refractivity contribution in [2.24, 2.45) is 0 Å². The van der Waals surface area contributed by atoms with Crippen LogP contribution in [0.4, 0.5) is 0 Å². The molecule has 0 radical (unpaired) electrons. The highest BCUT2D eigenvalue weighted by Gasteiger charge is 2.40. The van der Waals surface area contributed by atoms with Gasteiger partial charge in [-0.05, 0) is 37.8 Å². The molecule has 0 spiro atoms. The number of benzene rings is 1. The van der Waals surface area contributed by atoms with Crippen LogP contribution in [-0.2, 0) is 20.8 Å². The fourth-order valence-corrected chi connectivity index (χ4v) is 4.17. The zero-order chi connectivity index (χ0) is 20.1. The Bertz CT molecular complexity index is 703. The molecule has 7 nitrogen and oxygen atoms in total. The van der Waals surface area contributed by atoms with E-state index < -0.39 is 18.1 Å². The summed E-state index contributed by atoms with van der Waals surface area (Å²) in [5, 5.41) is 12.7. The molecule has 7 heteroatoms. The van der Waals surface area contributed by atoms with Crippen LogP contribution in [0.3, 0.4) is 0 Å². The van der Waals surface area contributed by atoms with Crippen LogP contribution < -0.4 is 5.32 Å². The third kappa shape index (κ3) is 4.52. The first-order valence-electron chi connectivity index (χ1n) is 10.1. The molecule has 2 aliphatic heterocycles. The molecule has 0 aliphatic carbocycles. The van der Waals surface area contributed by atoms with E-state index in [0.717, 1.165) is 31.4 Å². The number of carboxylic acid groups (broad SMARTS) is 1. The number of carboxylic acids is 1. The van der Waals surface area contributed by atoms with Gasteiger partial charge in [-0.2, -0.15) is 0 Å². The average molecular weight is 387 g/mol. The summed E-state index contributed by atoms with van der Waals surface area (Å²) >= 11 is 0. The summed E-state index contributed by atoms with van der Waals surface area (Å²) in [6, 6.07) is 7.77. The summed E-state index contributed by atoms with van der Waals surface area (Å²) in [7, 11) is 1.66. The van der Waals surface area contributed by atoms with Crippen molar-refractivity contribution < 1.29 is 19.5 Å². The standard InChI is InChI=1S/C21H29N3O4/c1-23(19(25)16-10-5-6-12-22-16)18(14-15-8-3-2-4-9-15)20(26)24-13-7-11-17(24)21(27)28/h2-4,8-9,16-18,22H,5-7,10-14H2,1H3,(H,27,28)/t16-,17-,18+/m0/s1. The summed E-state index contributed by atoms with van der Waals surface area (Å²) in [4.78, 5) is 40.9. The number of piperidine rings is 1. The fourth-order valence-electron chi connectivity index (χ4n) is 4.17. The second-order valence-electron chi connectivity index (χ2n) is 7.69. The minimum absolute atomic E-state index is 0.0972. The van der Waals surface area contributed by atoms with Gasteiger partial charge in [-0.3, -0.25) is 9.59 Å². The van der Waals surface area contributed by atoms with Crippen LogP contribution in [-0.4, -0.2) is 71.0 Å². The second kappa shape index (κ2) is 9.19. The molecule has 2 fully saturated rings. The van der Waals surface area contributed by atoms with E-state index in [4.69, 9.17) is 0 Å². The first kappa shape index (κ1) is 20.3. The molecular formula is C21H29N3O4. The number of likely N-dealkylation sites (N-methyl/N-ethyl adjacent to an activating group) is 1. The summed E-state index contributed by atoms with van der Waals surface area (Å²) in [5.41, 5.74) is 0.947. The van der Waals surface area contributed by atoms with Crippen LogP contribution in [0.15, 0.2) is 30.3 Å². The minimum atomic E-state index is -0.979. The van der Waals surface area contributed by atoms with Crippen LogP contribution in [0.2, 0.25) is 0 Å². The van der Waals surface area contributed by atoms with Crippen molar-refractivity contribution in [1.82, 2.24) is 15.1 Å². The Balaban J connectivity index is 1.82. The van der Waals surface area contributed by atoms with Crippen molar-refractivity contribution in [3.8, 4) is 0 Å². The largest absolute Gasteiger partial charge is 0.480 e. The van der Waals surface area contributed by atoms with Gasteiger partial charge in [0.15, 0.2) is 0 Å². The van der Waals surface area contributed by atoms with Gasteiger partial charge in [0.25, 0.3) is 0 Å². The number of carbonyl (C=O) groups excluding carboxylic acids is 2. The Kier molecular flexibility index (Phi) is 6.67. The molecule has 1 aromatic rings. The number of amides is 2. The van der Waals surface area contributed by atoms with Crippen LogP contribution in [0.25, 0.3) is 0 Å². The van der Waals surface area contributed by atoms with Gasteiger partial charge in [-0.25, -0.2) is 4.79 Å². The van der Waals surface area contributed by atoms with Crippen LogP contribution >= 0.6 is 0 Å². The van der Waals surface area contributed by atoms with Gasteiger partial charge in [-0.1, -0.05) is 36.8 Å². The third-order valence-electron chi connectivity index (χ3n) is 5.80. The molecule has 0 aromatic heterocycles. The number of aliphatic carboxylic acids is 1. The van der Waals surface area contributed by atoms with E-state index in [1.54, 1.807) is 7.05 Å². The van der Waals surface area contributed by atoms with Crippen LogP contribution in [0.5, 0.6) is 0 Å². The Morgan fingerprint density at radius 3 is 2.57 bits per heavy atom. The van der Waals surface area contributed by atoms with Gasteiger partial charge in [-0.15, -0.1) is 0 Å². The van der Waals surface area contributed by atoms with Crippen molar-refractivity contribution in [2.75, 3.05) is 20.1 Å². The first-order chi connectivity index (χ1) is 13.5. The predicted molar refractivity (Wildman–Crippen MR) is 105 cm³/mol. The van der Waals surface area contributed by atoms with Gasteiger partial charge in [0.05, 0.1) is 6.04 Å². The molecule has 28 heavy (non-hydrogen) atoms. The van der Waals surface area contributed by atoms with Gasteiger partial charge in [0.2, 0.25) is 11.8 Å². The fraction of sp³-hybridized carbons (Fsp3) is 0.571. The lowest BCUT2D eigenvalue weighted by molar-refractivity contribution is -0.152. The molecule has 2 saturated heterocycles. The maximum Gasteiger partial charge on any atom is 0.326 e. The quantitative estimate of drug-likeness (QED) is 0.767. The molecule has 2 aliphatic rings. The van der Waals surface area contributed by atoms with E-state index in [-0.39, 0.29) is 17.9 Å². The lowest BCUT2D eigenvalue weighted by Crippen LogP contribution is -2.57. The number of carbonyl (C=O) groups is 3. The topological polar surface area (TPSA) is 90.0 Å². The monoisotopic (exact) mass is 387 g/mol. The summed E-state index contributed by atoms with van der Waals surface area (Å²) in [6.07, 6.45) is 4.30. The molecule has 3 atom stereocenters. The molecule has 0 unspecified atom stereocenters. The van der Waals surface area contributed by atoms with Crippen molar-refractivity contribution in [3.05, 3.63) is 35.9 Å². The maximum atomic E-state index is 13.3. The smallest absolute Gasteiger partial charge is 0.326 e. The van der Waals surface area contributed by atoms with Crippen LogP contribution in [0, 0.1) is 0 Å².